The molecular formula is C29H39F6N7O5. The first-order valence-corrected chi connectivity index (χ1v) is 14.9. The van der Waals surface area contributed by atoms with Crippen LogP contribution in [-0.4, -0.2) is 74.5 Å². The summed E-state index contributed by atoms with van der Waals surface area (Å²) in [6.45, 7) is 2.04. The molecule has 2 aliphatic rings. The summed E-state index contributed by atoms with van der Waals surface area (Å²) in [4.78, 5) is 44.7. The van der Waals surface area contributed by atoms with E-state index in [1.807, 2.05) is 19.1 Å². The summed E-state index contributed by atoms with van der Waals surface area (Å²) in [5, 5.41) is 21.9. The van der Waals surface area contributed by atoms with E-state index in [1.54, 1.807) is 0 Å². The largest absolute Gasteiger partial charge is 0.490 e. The van der Waals surface area contributed by atoms with Crippen molar-refractivity contribution in [3.8, 4) is 0 Å². The number of aryl methyl sites for hydroxylation is 1. The number of carbonyl (C=O) groups is 3. The summed E-state index contributed by atoms with van der Waals surface area (Å²) < 4.78 is 63.5. The van der Waals surface area contributed by atoms with Gasteiger partial charge in [0.15, 0.2) is 5.96 Å². The molecule has 2 aliphatic carbocycles. The molecular weight excluding hydrogens is 640 g/mol. The van der Waals surface area contributed by atoms with Gasteiger partial charge in [0.05, 0.1) is 17.6 Å². The smallest absolute Gasteiger partial charge is 0.475 e. The Bertz CT molecular complexity index is 1370. The van der Waals surface area contributed by atoms with Gasteiger partial charge in [-0.25, -0.2) is 24.5 Å². The van der Waals surface area contributed by atoms with Crippen LogP contribution in [-0.2, 0) is 9.59 Å². The van der Waals surface area contributed by atoms with Crippen molar-refractivity contribution in [3.05, 3.63) is 29.6 Å². The van der Waals surface area contributed by atoms with Crippen LogP contribution in [0.2, 0.25) is 0 Å². The zero-order chi connectivity index (χ0) is 35.4. The van der Waals surface area contributed by atoms with E-state index < -0.39 is 24.3 Å². The predicted molar refractivity (Wildman–Crippen MR) is 161 cm³/mol. The minimum absolute atomic E-state index is 0.00854. The summed E-state index contributed by atoms with van der Waals surface area (Å²) in [6, 6.07) is 6.27. The van der Waals surface area contributed by atoms with Gasteiger partial charge in [-0.2, -0.15) is 26.3 Å². The Labute approximate surface area is 266 Å². The molecule has 2 saturated carbocycles. The van der Waals surface area contributed by atoms with E-state index >= 15 is 0 Å². The monoisotopic (exact) mass is 679 g/mol. The zero-order valence-corrected chi connectivity index (χ0v) is 25.6. The Balaban J connectivity index is 0.000000459. The van der Waals surface area contributed by atoms with Crippen LogP contribution >= 0.6 is 0 Å². The Kier molecular flexibility index (Phi) is 14.5. The van der Waals surface area contributed by atoms with Gasteiger partial charge >= 0.3 is 24.3 Å². The number of rotatable bonds is 5. The molecule has 1 aromatic heterocycles. The molecule has 8 N–H and O–H groups in total. The van der Waals surface area contributed by atoms with Crippen molar-refractivity contribution >= 4 is 40.5 Å². The number of amides is 1. The number of hydrogen-bond donors (Lipinski definition) is 6. The average molecular weight is 680 g/mol. The number of carboxylic acid groups (broad SMARTS) is 2. The zero-order valence-electron chi connectivity index (χ0n) is 25.6. The predicted octanol–water partition coefficient (Wildman–Crippen LogP) is 5.04. The molecule has 0 bridgehead atoms. The Morgan fingerprint density at radius 2 is 1.34 bits per heavy atom. The van der Waals surface area contributed by atoms with Crippen LogP contribution in [0.4, 0.5) is 32.2 Å². The van der Waals surface area contributed by atoms with Crippen LogP contribution in [0.5, 0.6) is 0 Å². The van der Waals surface area contributed by atoms with Gasteiger partial charge in [0.2, 0.25) is 5.82 Å². The molecule has 1 heterocycles. The van der Waals surface area contributed by atoms with Crippen molar-refractivity contribution < 1.29 is 50.9 Å². The minimum Gasteiger partial charge on any atom is -0.475 e. The molecule has 1 amide bonds. The van der Waals surface area contributed by atoms with E-state index in [0.717, 1.165) is 67.8 Å². The van der Waals surface area contributed by atoms with Crippen LogP contribution in [0.1, 0.15) is 86.8 Å². The molecule has 12 nitrogen and oxygen atoms in total. The third kappa shape index (κ3) is 13.5. The normalized spacial score (nSPS) is 19.0. The number of alkyl halides is 6. The Morgan fingerprint density at radius 1 is 0.830 bits per heavy atom. The highest BCUT2D eigenvalue weighted by Crippen LogP contribution is 2.28. The number of fused-ring (bicyclic) bond motifs is 1. The van der Waals surface area contributed by atoms with E-state index in [2.05, 4.69) is 26.7 Å². The van der Waals surface area contributed by atoms with Crippen LogP contribution in [0.3, 0.4) is 0 Å². The first-order chi connectivity index (χ1) is 21.9. The number of nitrogens with zero attached hydrogens (tertiary/aromatic N) is 3. The third-order valence-electron chi connectivity index (χ3n) is 7.35. The molecule has 2 fully saturated rings. The lowest BCUT2D eigenvalue weighted by Crippen LogP contribution is -2.39. The van der Waals surface area contributed by atoms with E-state index in [0.29, 0.717) is 5.82 Å². The fourth-order valence-corrected chi connectivity index (χ4v) is 5.11. The minimum atomic E-state index is -5.08. The quantitative estimate of drug-likeness (QED) is 0.141. The van der Waals surface area contributed by atoms with E-state index in [4.69, 9.17) is 36.3 Å². The van der Waals surface area contributed by atoms with Crippen molar-refractivity contribution in [2.24, 2.45) is 16.5 Å². The molecule has 4 rings (SSSR count). The molecule has 2 aromatic rings. The number of guanidine groups is 1. The molecule has 0 saturated heterocycles. The van der Waals surface area contributed by atoms with E-state index in [1.165, 1.54) is 19.3 Å². The van der Waals surface area contributed by atoms with Crippen molar-refractivity contribution in [1.82, 2.24) is 15.3 Å². The Hall–Kier alpha value is -4.38. The molecule has 0 spiro atoms. The van der Waals surface area contributed by atoms with Crippen LogP contribution in [0.15, 0.2) is 23.2 Å². The molecule has 0 aliphatic heterocycles. The molecule has 18 heteroatoms. The number of benzene rings is 1. The number of aromatic nitrogens is 2. The fourth-order valence-electron chi connectivity index (χ4n) is 5.11. The number of carbonyl (C=O) groups excluding carboxylic acids is 1. The lowest BCUT2D eigenvalue weighted by molar-refractivity contribution is -0.193. The van der Waals surface area contributed by atoms with Crippen LogP contribution in [0, 0.1) is 6.92 Å². The molecule has 2 atom stereocenters. The summed E-state index contributed by atoms with van der Waals surface area (Å²) >= 11 is 0. The number of nitrogens with two attached hydrogens (primary N) is 2. The van der Waals surface area contributed by atoms with Gasteiger partial charge in [-0.3, -0.25) is 4.79 Å². The second-order valence-corrected chi connectivity index (χ2v) is 11.2. The van der Waals surface area contributed by atoms with Gasteiger partial charge < -0.3 is 32.3 Å². The van der Waals surface area contributed by atoms with Gasteiger partial charge in [-0.1, -0.05) is 56.6 Å². The lowest BCUT2D eigenvalue weighted by Gasteiger charge is -2.30. The number of aliphatic carboxylic acids is 2. The first kappa shape index (κ1) is 38.8. The maximum absolute atomic E-state index is 13.2. The van der Waals surface area contributed by atoms with Crippen molar-refractivity contribution in [2.45, 2.75) is 108 Å². The number of halogens is 6. The lowest BCUT2D eigenvalue weighted by atomic mass is 9.90. The first-order valence-electron chi connectivity index (χ1n) is 14.9. The average Bonchev–Trinajstić information content (AvgIpc) is 2.95. The molecule has 0 radical (unpaired) electrons. The number of aliphatic imine (C=N–C) groups is 1. The summed E-state index contributed by atoms with van der Waals surface area (Å²) in [6.07, 6.45) is 2.03. The standard InChI is InChI=1S/C25H37N7O.2C2HF3O2/c1-16-13-14-19-18(15-16)22(30-20-11-7-8-12-21(20)31-25(26)27)32-23(29-19)24(33)28-17-9-5-3-2-4-6-10-17;2*3-2(4,5)1(6)7/h13-15,17,20-21H,2-12H2,1H3,(H,28,33)(H4,26,27,31)(H,29,30,32);2*(H,6,7). The highest BCUT2D eigenvalue weighted by Gasteiger charge is 2.39. The van der Waals surface area contributed by atoms with Crippen LogP contribution < -0.4 is 22.1 Å². The Morgan fingerprint density at radius 3 is 1.87 bits per heavy atom. The molecule has 262 valence electrons. The molecule has 47 heavy (non-hydrogen) atoms. The highest BCUT2D eigenvalue weighted by molar-refractivity contribution is 5.96. The number of carboxylic acids is 2. The van der Waals surface area contributed by atoms with Gasteiger partial charge in [0.1, 0.15) is 5.82 Å². The van der Waals surface area contributed by atoms with Crippen molar-refractivity contribution in [3.63, 3.8) is 0 Å². The number of hydrogen-bond acceptors (Lipinski definition) is 7. The molecule has 2 unspecified atom stereocenters. The maximum atomic E-state index is 13.2. The maximum Gasteiger partial charge on any atom is 0.490 e. The second kappa shape index (κ2) is 17.5. The van der Waals surface area contributed by atoms with Gasteiger partial charge in [0.25, 0.3) is 5.91 Å². The van der Waals surface area contributed by atoms with E-state index in [-0.39, 0.29) is 35.8 Å². The topological polar surface area (TPSA) is 206 Å². The number of anilines is 1. The summed E-state index contributed by atoms with van der Waals surface area (Å²) in [5.74, 6) is -4.72. The fraction of sp³-hybridized carbons (Fsp3) is 0.586. The second-order valence-electron chi connectivity index (χ2n) is 11.2. The van der Waals surface area contributed by atoms with Gasteiger partial charge in [0, 0.05) is 11.4 Å². The SMILES string of the molecule is Cc1ccc2nc(C(=O)NC3CCCCCCC3)nc(NC3CCCCC3N=C(N)N)c2c1.O=C(O)C(F)(F)F.O=C(O)C(F)(F)F. The van der Waals surface area contributed by atoms with Crippen molar-refractivity contribution in [2.75, 3.05) is 5.32 Å². The summed E-state index contributed by atoms with van der Waals surface area (Å²) in [7, 11) is 0. The van der Waals surface area contributed by atoms with Crippen LogP contribution in [0.25, 0.3) is 10.9 Å². The van der Waals surface area contributed by atoms with E-state index in [9.17, 15) is 31.1 Å². The summed E-state index contributed by atoms with van der Waals surface area (Å²) in [5.41, 5.74) is 13.2. The molecule has 1 aromatic carbocycles. The highest BCUT2D eigenvalue weighted by atomic mass is 19.4. The third-order valence-corrected chi connectivity index (χ3v) is 7.35. The number of nitrogens with one attached hydrogen (secondary N) is 2. The van der Waals surface area contributed by atoms with Gasteiger partial charge in [-0.15, -0.1) is 0 Å². The van der Waals surface area contributed by atoms with Gasteiger partial charge in [-0.05, 0) is 44.7 Å². The van der Waals surface area contributed by atoms with Crippen molar-refractivity contribution in [1.29, 1.82) is 0 Å².